The molecule has 0 saturated heterocycles. The first-order valence-corrected chi connectivity index (χ1v) is 9.05. The molecule has 0 radical (unpaired) electrons. The van der Waals surface area contributed by atoms with Gasteiger partial charge in [0.15, 0.2) is 0 Å². The molecule has 3 aromatic rings. The van der Waals surface area contributed by atoms with E-state index in [-0.39, 0.29) is 6.61 Å². The Kier molecular flexibility index (Phi) is 6.08. The molecule has 0 amide bonds. The van der Waals surface area contributed by atoms with E-state index in [0.29, 0.717) is 17.9 Å². The Bertz CT molecular complexity index is 919. The van der Waals surface area contributed by atoms with Gasteiger partial charge in [0.25, 0.3) is 0 Å². The number of esters is 1. The molecule has 0 aliphatic rings. The van der Waals surface area contributed by atoms with Crippen LogP contribution in [-0.4, -0.2) is 40.4 Å². The summed E-state index contributed by atoms with van der Waals surface area (Å²) in [5.74, 6) is 1.06. The Labute approximate surface area is 158 Å². The number of imidazole rings is 1. The molecule has 1 unspecified atom stereocenters. The third-order valence-corrected chi connectivity index (χ3v) is 4.30. The summed E-state index contributed by atoms with van der Waals surface area (Å²) < 4.78 is 12.4. The number of rotatable bonds is 8. The van der Waals surface area contributed by atoms with Crippen molar-refractivity contribution in [2.45, 2.75) is 32.4 Å². The highest BCUT2D eigenvalue weighted by Crippen LogP contribution is 2.19. The number of aliphatic hydroxyl groups excluding tert-OH is 1. The lowest BCUT2D eigenvalue weighted by molar-refractivity contribution is 0.0599. The molecule has 1 atom stereocenters. The molecule has 1 heterocycles. The van der Waals surface area contributed by atoms with Crippen LogP contribution >= 0.6 is 0 Å². The van der Waals surface area contributed by atoms with Gasteiger partial charge in [0.2, 0.25) is 0 Å². The van der Waals surface area contributed by atoms with Gasteiger partial charge in [-0.3, -0.25) is 0 Å². The highest BCUT2D eigenvalue weighted by atomic mass is 16.5. The van der Waals surface area contributed by atoms with Crippen LogP contribution in [-0.2, 0) is 17.7 Å². The van der Waals surface area contributed by atoms with Gasteiger partial charge >= 0.3 is 5.97 Å². The summed E-state index contributed by atoms with van der Waals surface area (Å²) in [6.45, 7) is 2.62. The first-order valence-electron chi connectivity index (χ1n) is 9.05. The van der Waals surface area contributed by atoms with Crippen molar-refractivity contribution >= 4 is 17.0 Å². The molecule has 1 aromatic heterocycles. The number of aryl methyl sites for hydroxylation is 1. The summed E-state index contributed by atoms with van der Waals surface area (Å²) in [6.07, 6.45) is 1.12. The van der Waals surface area contributed by atoms with Crippen molar-refractivity contribution in [1.82, 2.24) is 9.55 Å². The molecule has 142 valence electrons. The van der Waals surface area contributed by atoms with E-state index in [1.807, 2.05) is 24.3 Å². The molecule has 2 aromatic carbocycles. The molecule has 6 heteroatoms. The first kappa shape index (κ1) is 18.9. The lowest BCUT2D eigenvalue weighted by Gasteiger charge is -2.16. The molecule has 0 fully saturated rings. The maximum Gasteiger partial charge on any atom is 0.337 e. The number of nitrogens with zero attached hydrogens (tertiary/aromatic N) is 2. The van der Waals surface area contributed by atoms with Gasteiger partial charge in [-0.2, -0.15) is 0 Å². The second-order valence-electron chi connectivity index (χ2n) is 6.36. The van der Waals surface area contributed by atoms with Crippen LogP contribution in [0.3, 0.4) is 0 Å². The Morgan fingerprint density at radius 3 is 2.81 bits per heavy atom. The van der Waals surface area contributed by atoms with Gasteiger partial charge in [0.1, 0.15) is 24.3 Å². The number of hydrogen-bond donors (Lipinski definition) is 1. The van der Waals surface area contributed by atoms with Gasteiger partial charge < -0.3 is 19.1 Å². The van der Waals surface area contributed by atoms with E-state index in [2.05, 4.69) is 16.5 Å². The van der Waals surface area contributed by atoms with Crippen LogP contribution in [0.5, 0.6) is 5.75 Å². The van der Waals surface area contributed by atoms with Gasteiger partial charge in [-0.15, -0.1) is 0 Å². The summed E-state index contributed by atoms with van der Waals surface area (Å²) in [7, 11) is 1.34. The van der Waals surface area contributed by atoms with Crippen molar-refractivity contribution in [3.05, 3.63) is 59.9 Å². The Morgan fingerprint density at radius 1 is 1.22 bits per heavy atom. The van der Waals surface area contributed by atoms with Gasteiger partial charge in [0.05, 0.1) is 30.3 Å². The van der Waals surface area contributed by atoms with E-state index in [9.17, 15) is 9.90 Å². The number of carbonyl (C=O) groups is 1. The number of para-hydroxylation sites is 2. The van der Waals surface area contributed by atoms with E-state index in [4.69, 9.17) is 9.47 Å². The second kappa shape index (κ2) is 8.68. The monoisotopic (exact) mass is 368 g/mol. The lowest BCUT2D eigenvalue weighted by Crippen LogP contribution is -2.24. The van der Waals surface area contributed by atoms with Gasteiger partial charge in [-0.05, 0) is 36.8 Å². The highest BCUT2D eigenvalue weighted by molar-refractivity contribution is 5.89. The Balaban J connectivity index is 1.69. The quantitative estimate of drug-likeness (QED) is 0.618. The van der Waals surface area contributed by atoms with Crippen LogP contribution in [0.4, 0.5) is 0 Å². The van der Waals surface area contributed by atoms with Crippen LogP contribution < -0.4 is 4.74 Å². The van der Waals surface area contributed by atoms with E-state index >= 15 is 0 Å². The fraction of sp³-hybridized carbons (Fsp3) is 0.333. The number of hydrogen-bond acceptors (Lipinski definition) is 5. The number of methoxy groups -OCH3 is 1. The van der Waals surface area contributed by atoms with Crippen LogP contribution in [0.1, 0.15) is 29.5 Å². The maximum atomic E-state index is 11.6. The largest absolute Gasteiger partial charge is 0.491 e. The average Bonchev–Trinajstić information content (AvgIpc) is 3.03. The summed E-state index contributed by atoms with van der Waals surface area (Å²) in [5.41, 5.74) is 2.35. The predicted molar refractivity (Wildman–Crippen MR) is 103 cm³/mol. The second-order valence-corrected chi connectivity index (χ2v) is 6.36. The summed E-state index contributed by atoms with van der Waals surface area (Å²) in [5, 5.41) is 10.5. The summed E-state index contributed by atoms with van der Waals surface area (Å²) >= 11 is 0. The zero-order valence-electron chi connectivity index (χ0n) is 15.6. The minimum Gasteiger partial charge on any atom is -0.491 e. The van der Waals surface area contributed by atoms with Crippen LogP contribution in [0.25, 0.3) is 11.0 Å². The molecule has 27 heavy (non-hydrogen) atoms. The zero-order chi connectivity index (χ0) is 19.2. The fourth-order valence-corrected chi connectivity index (χ4v) is 3.03. The third kappa shape index (κ3) is 4.46. The minimum atomic E-state index is -0.708. The molecule has 0 spiro atoms. The van der Waals surface area contributed by atoms with Gasteiger partial charge in [0, 0.05) is 6.42 Å². The molecule has 0 saturated carbocycles. The molecule has 3 rings (SSSR count). The third-order valence-electron chi connectivity index (χ3n) is 4.30. The fourth-order valence-electron chi connectivity index (χ4n) is 3.03. The van der Waals surface area contributed by atoms with Crippen LogP contribution in [0, 0.1) is 0 Å². The average molecular weight is 368 g/mol. The van der Waals surface area contributed by atoms with Crippen molar-refractivity contribution in [2.75, 3.05) is 13.7 Å². The van der Waals surface area contributed by atoms with E-state index < -0.39 is 12.1 Å². The van der Waals surface area contributed by atoms with E-state index in [0.717, 1.165) is 29.7 Å². The highest BCUT2D eigenvalue weighted by Gasteiger charge is 2.14. The topological polar surface area (TPSA) is 73.6 Å². The van der Waals surface area contributed by atoms with Crippen molar-refractivity contribution in [2.24, 2.45) is 0 Å². The molecule has 1 N–H and O–H groups in total. The number of fused-ring (bicyclic) bond motifs is 1. The van der Waals surface area contributed by atoms with E-state index in [1.54, 1.807) is 24.3 Å². The molecule has 0 aliphatic carbocycles. The number of aliphatic hydroxyl groups is 1. The molecule has 0 aliphatic heterocycles. The normalized spacial score (nSPS) is 12.1. The number of carbonyl (C=O) groups excluding carboxylic acids is 1. The van der Waals surface area contributed by atoms with Crippen molar-refractivity contribution < 1.29 is 19.4 Å². The number of ether oxygens (including phenoxy) is 2. The van der Waals surface area contributed by atoms with Gasteiger partial charge in [-0.1, -0.05) is 25.1 Å². The summed E-state index contributed by atoms with van der Waals surface area (Å²) in [6, 6.07) is 14.6. The van der Waals surface area contributed by atoms with Gasteiger partial charge in [-0.25, -0.2) is 9.78 Å². The van der Waals surface area contributed by atoms with Crippen molar-refractivity contribution in [1.29, 1.82) is 0 Å². The van der Waals surface area contributed by atoms with E-state index in [1.165, 1.54) is 7.11 Å². The minimum absolute atomic E-state index is 0.114. The molecule has 0 bridgehead atoms. The van der Waals surface area contributed by atoms with Crippen LogP contribution in [0.15, 0.2) is 48.5 Å². The molecular formula is C21H24N2O4. The molecular weight excluding hydrogens is 344 g/mol. The predicted octanol–water partition coefficient (Wildman–Crippen LogP) is 3.22. The van der Waals surface area contributed by atoms with Crippen molar-refractivity contribution in [3.63, 3.8) is 0 Å². The first-order chi connectivity index (χ1) is 13.1. The zero-order valence-corrected chi connectivity index (χ0v) is 15.6. The Hall–Kier alpha value is -2.86. The lowest BCUT2D eigenvalue weighted by atomic mass is 10.2. The summed E-state index contributed by atoms with van der Waals surface area (Å²) in [4.78, 5) is 16.3. The van der Waals surface area contributed by atoms with Crippen LogP contribution in [0.2, 0.25) is 0 Å². The smallest absolute Gasteiger partial charge is 0.337 e. The van der Waals surface area contributed by atoms with Crippen molar-refractivity contribution in [3.8, 4) is 5.75 Å². The SMILES string of the molecule is CCCc1nc2ccccc2n1CC(O)COc1cccc(C(=O)OC)c1. The standard InChI is InChI=1S/C21H24N2O4/c1-3-7-20-22-18-10-4-5-11-19(18)23(20)13-16(24)14-27-17-9-6-8-15(12-17)21(25)26-2/h4-6,8-12,16,24H,3,7,13-14H2,1-2H3. The maximum absolute atomic E-state index is 11.6. The number of aromatic nitrogens is 2. The molecule has 6 nitrogen and oxygen atoms in total. The Morgan fingerprint density at radius 2 is 2.04 bits per heavy atom. The number of benzene rings is 2.